The van der Waals surface area contributed by atoms with E-state index in [2.05, 4.69) is 5.32 Å². The number of nitrogens with one attached hydrogen (secondary N) is 1. The number of hydrogen-bond donors (Lipinski definition) is 2. The van der Waals surface area contributed by atoms with Crippen molar-refractivity contribution >= 4 is 17.3 Å². The molecule has 0 aliphatic rings. The number of rotatable bonds is 4. The third-order valence-electron chi connectivity index (χ3n) is 2.10. The second-order valence-electron chi connectivity index (χ2n) is 3.55. The molecule has 0 atom stereocenters. The van der Waals surface area contributed by atoms with Crippen LogP contribution in [0.4, 0.5) is 15.8 Å². The summed E-state index contributed by atoms with van der Waals surface area (Å²) in [5, 5.41) is 2.67. The van der Waals surface area contributed by atoms with Gasteiger partial charge in [-0.2, -0.15) is 0 Å². The van der Waals surface area contributed by atoms with Gasteiger partial charge in [-0.05, 0) is 25.1 Å². The van der Waals surface area contributed by atoms with Crippen molar-refractivity contribution in [1.82, 2.24) is 5.32 Å². The van der Waals surface area contributed by atoms with Gasteiger partial charge >= 0.3 is 0 Å². The highest BCUT2D eigenvalue weighted by Crippen LogP contribution is 2.18. The van der Waals surface area contributed by atoms with Gasteiger partial charge < -0.3 is 16.0 Å². The summed E-state index contributed by atoms with van der Waals surface area (Å²) < 4.78 is 13.1. The van der Waals surface area contributed by atoms with Gasteiger partial charge in [0.2, 0.25) is 5.91 Å². The number of carbonyl (C=O) groups is 1. The van der Waals surface area contributed by atoms with Crippen molar-refractivity contribution in [2.75, 3.05) is 30.8 Å². The average Bonchev–Trinajstić information content (AvgIpc) is 2.16. The number of halogens is 1. The minimum atomic E-state index is -0.405. The van der Waals surface area contributed by atoms with Gasteiger partial charge in [-0.25, -0.2) is 4.39 Å². The Morgan fingerprint density at radius 2 is 2.19 bits per heavy atom. The first-order valence-corrected chi connectivity index (χ1v) is 5.07. The van der Waals surface area contributed by atoms with E-state index in [0.29, 0.717) is 17.9 Å². The molecule has 0 spiro atoms. The summed E-state index contributed by atoms with van der Waals surface area (Å²) in [5.41, 5.74) is 6.45. The highest BCUT2D eigenvalue weighted by Gasteiger charge is 2.08. The van der Waals surface area contributed by atoms with E-state index in [-0.39, 0.29) is 12.5 Å². The third kappa shape index (κ3) is 3.42. The van der Waals surface area contributed by atoms with Gasteiger partial charge in [-0.1, -0.05) is 0 Å². The Hall–Kier alpha value is -1.78. The molecule has 0 radical (unpaired) electrons. The van der Waals surface area contributed by atoms with Crippen LogP contribution in [0.25, 0.3) is 0 Å². The predicted octanol–water partition coefficient (Wildman–Crippen LogP) is 0.980. The largest absolute Gasteiger partial charge is 0.399 e. The SMILES string of the molecule is CCNC(=O)CN(C)c1cc(N)cc(F)c1. The highest BCUT2D eigenvalue weighted by molar-refractivity contribution is 5.81. The molecule has 1 aromatic rings. The van der Waals surface area contributed by atoms with Crippen LogP contribution in [-0.4, -0.2) is 26.0 Å². The summed E-state index contributed by atoms with van der Waals surface area (Å²) in [6.45, 7) is 2.60. The monoisotopic (exact) mass is 225 g/mol. The molecule has 0 aromatic heterocycles. The van der Waals surface area contributed by atoms with Crippen molar-refractivity contribution in [1.29, 1.82) is 0 Å². The molecule has 0 aliphatic carbocycles. The van der Waals surface area contributed by atoms with Crippen molar-refractivity contribution in [3.8, 4) is 0 Å². The van der Waals surface area contributed by atoms with E-state index in [9.17, 15) is 9.18 Å². The van der Waals surface area contributed by atoms with E-state index >= 15 is 0 Å². The van der Waals surface area contributed by atoms with Crippen LogP contribution in [0.5, 0.6) is 0 Å². The van der Waals surface area contributed by atoms with Crippen molar-refractivity contribution in [3.05, 3.63) is 24.0 Å². The molecule has 5 heteroatoms. The number of anilines is 2. The Balaban J connectivity index is 2.72. The molecule has 0 bridgehead atoms. The maximum atomic E-state index is 13.1. The minimum Gasteiger partial charge on any atom is -0.399 e. The summed E-state index contributed by atoms with van der Waals surface area (Å²) in [6, 6.07) is 4.21. The number of carbonyl (C=O) groups excluding carboxylic acids is 1. The molecule has 0 aliphatic heterocycles. The first kappa shape index (κ1) is 12.3. The third-order valence-corrected chi connectivity index (χ3v) is 2.10. The molecule has 1 amide bonds. The smallest absolute Gasteiger partial charge is 0.239 e. The van der Waals surface area contributed by atoms with Crippen molar-refractivity contribution in [2.24, 2.45) is 0 Å². The zero-order chi connectivity index (χ0) is 12.1. The topological polar surface area (TPSA) is 58.4 Å². The fourth-order valence-corrected chi connectivity index (χ4v) is 1.38. The normalized spacial score (nSPS) is 9.94. The average molecular weight is 225 g/mol. The summed E-state index contributed by atoms with van der Waals surface area (Å²) >= 11 is 0. The van der Waals surface area contributed by atoms with Gasteiger partial charge in [0, 0.05) is 25.0 Å². The zero-order valence-corrected chi connectivity index (χ0v) is 9.46. The van der Waals surface area contributed by atoms with E-state index in [4.69, 9.17) is 5.73 Å². The number of nitrogens with two attached hydrogens (primary N) is 1. The molecule has 0 heterocycles. The minimum absolute atomic E-state index is 0.104. The van der Waals surface area contributed by atoms with E-state index in [0.717, 1.165) is 0 Å². The van der Waals surface area contributed by atoms with E-state index < -0.39 is 5.82 Å². The summed E-state index contributed by atoms with van der Waals surface area (Å²) in [7, 11) is 1.71. The Kier molecular flexibility index (Phi) is 4.10. The summed E-state index contributed by atoms with van der Waals surface area (Å²) in [4.78, 5) is 13.0. The molecule has 1 aromatic carbocycles. The lowest BCUT2D eigenvalue weighted by atomic mass is 10.2. The van der Waals surface area contributed by atoms with Crippen LogP contribution in [0.15, 0.2) is 18.2 Å². The van der Waals surface area contributed by atoms with Crippen LogP contribution in [0.3, 0.4) is 0 Å². The number of hydrogen-bond acceptors (Lipinski definition) is 3. The maximum absolute atomic E-state index is 13.1. The van der Waals surface area contributed by atoms with Crippen molar-refractivity contribution < 1.29 is 9.18 Å². The lowest BCUT2D eigenvalue weighted by molar-refractivity contribution is -0.119. The van der Waals surface area contributed by atoms with Gasteiger partial charge in [0.15, 0.2) is 0 Å². The lowest BCUT2D eigenvalue weighted by Crippen LogP contribution is -2.35. The number of nitrogen functional groups attached to an aromatic ring is 1. The van der Waals surface area contributed by atoms with E-state index in [1.54, 1.807) is 18.0 Å². The van der Waals surface area contributed by atoms with Gasteiger partial charge in [-0.3, -0.25) is 4.79 Å². The van der Waals surface area contributed by atoms with E-state index in [1.165, 1.54) is 12.1 Å². The number of benzene rings is 1. The standard InChI is InChI=1S/C11H16FN3O/c1-3-14-11(16)7-15(2)10-5-8(12)4-9(13)6-10/h4-6H,3,7,13H2,1-2H3,(H,14,16). The van der Waals surface area contributed by atoms with Crippen LogP contribution in [0.1, 0.15) is 6.92 Å². The molecule has 0 unspecified atom stereocenters. The fourth-order valence-electron chi connectivity index (χ4n) is 1.38. The first-order valence-electron chi connectivity index (χ1n) is 5.07. The molecular weight excluding hydrogens is 209 g/mol. The first-order chi connectivity index (χ1) is 7.52. The molecule has 16 heavy (non-hydrogen) atoms. The van der Waals surface area contributed by atoms with E-state index in [1.807, 2.05) is 6.92 Å². The maximum Gasteiger partial charge on any atom is 0.239 e. The molecule has 0 fully saturated rings. The number of likely N-dealkylation sites (N-methyl/N-ethyl adjacent to an activating group) is 2. The molecule has 88 valence electrons. The molecule has 3 N–H and O–H groups in total. The Bertz CT molecular complexity index is 361. The zero-order valence-electron chi connectivity index (χ0n) is 9.46. The van der Waals surface area contributed by atoms with Crippen molar-refractivity contribution in [2.45, 2.75) is 6.92 Å². The Labute approximate surface area is 94.2 Å². The van der Waals surface area contributed by atoms with Crippen LogP contribution >= 0.6 is 0 Å². The molecule has 0 saturated carbocycles. The predicted molar refractivity (Wildman–Crippen MR) is 62.8 cm³/mol. The summed E-state index contributed by atoms with van der Waals surface area (Å²) in [6.07, 6.45) is 0. The molecule has 0 saturated heterocycles. The second kappa shape index (κ2) is 5.34. The fraction of sp³-hybridized carbons (Fsp3) is 0.364. The molecule has 1 rings (SSSR count). The van der Waals surface area contributed by atoms with Crippen LogP contribution in [-0.2, 0) is 4.79 Å². The van der Waals surface area contributed by atoms with Gasteiger partial charge in [0.05, 0.1) is 6.54 Å². The molecule has 4 nitrogen and oxygen atoms in total. The van der Waals surface area contributed by atoms with Crippen LogP contribution < -0.4 is 16.0 Å². The van der Waals surface area contributed by atoms with Crippen LogP contribution in [0.2, 0.25) is 0 Å². The van der Waals surface area contributed by atoms with Gasteiger partial charge in [-0.15, -0.1) is 0 Å². The molecular formula is C11H16FN3O. The second-order valence-corrected chi connectivity index (χ2v) is 3.55. The van der Waals surface area contributed by atoms with Gasteiger partial charge in [0.25, 0.3) is 0 Å². The van der Waals surface area contributed by atoms with Crippen molar-refractivity contribution in [3.63, 3.8) is 0 Å². The highest BCUT2D eigenvalue weighted by atomic mass is 19.1. The Morgan fingerprint density at radius 1 is 1.50 bits per heavy atom. The Morgan fingerprint density at radius 3 is 2.75 bits per heavy atom. The van der Waals surface area contributed by atoms with Crippen LogP contribution in [0, 0.1) is 5.82 Å². The number of amides is 1. The summed E-state index contributed by atoms with van der Waals surface area (Å²) in [5.74, 6) is -0.509. The quantitative estimate of drug-likeness (QED) is 0.751. The lowest BCUT2D eigenvalue weighted by Gasteiger charge is -2.19. The van der Waals surface area contributed by atoms with Gasteiger partial charge in [0.1, 0.15) is 5.82 Å². The number of nitrogens with zero attached hydrogens (tertiary/aromatic N) is 1.